The van der Waals surface area contributed by atoms with E-state index in [1.54, 1.807) is 56.7 Å². The predicted molar refractivity (Wildman–Crippen MR) is 94.0 cm³/mol. The van der Waals surface area contributed by atoms with Crippen molar-refractivity contribution in [2.45, 2.75) is 6.42 Å². The molecule has 132 valence electrons. The van der Waals surface area contributed by atoms with Crippen LogP contribution in [0.2, 0.25) is 0 Å². The highest BCUT2D eigenvalue weighted by Gasteiger charge is 2.12. The zero-order chi connectivity index (χ0) is 18.1. The molecule has 0 aliphatic carbocycles. The molecule has 2 rings (SSSR count). The molecule has 1 heterocycles. The van der Waals surface area contributed by atoms with Gasteiger partial charge in [0.1, 0.15) is 17.1 Å². The Morgan fingerprint density at radius 1 is 1.04 bits per heavy atom. The lowest BCUT2D eigenvalue weighted by molar-refractivity contribution is 0.0943. The van der Waals surface area contributed by atoms with Crippen LogP contribution in [-0.2, 0) is 4.74 Å². The minimum atomic E-state index is -0.401. The third kappa shape index (κ3) is 5.58. The molecule has 0 aliphatic heterocycles. The van der Waals surface area contributed by atoms with E-state index in [9.17, 15) is 9.59 Å². The summed E-state index contributed by atoms with van der Waals surface area (Å²) < 4.78 is 10.0. The van der Waals surface area contributed by atoms with Crippen LogP contribution in [0.3, 0.4) is 0 Å². The second-order valence-electron chi connectivity index (χ2n) is 5.20. The lowest BCUT2D eigenvalue weighted by Gasteiger charge is -2.08. The molecule has 0 saturated carbocycles. The minimum Gasteiger partial charge on any atom is -0.497 e. The molecule has 0 saturated heterocycles. The van der Waals surface area contributed by atoms with Gasteiger partial charge in [0, 0.05) is 32.0 Å². The molecule has 2 aromatic rings. The Balaban J connectivity index is 2.01. The molecule has 7 heteroatoms. The van der Waals surface area contributed by atoms with Crippen LogP contribution in [-0.4, -0.2) is 44.2 Å². The fraction of sp³-hybridized carbons (Fsp3) is 0.278. The lowest BCUT2D eigenvalue weighted by atomic mass is 10.2. The summed E-state index contributed by atoms with van der Waals surface area (Å²) in [7, 11) is 3.16. The first-order valence-corrected chi connectivity index (χ1v) is 7.83. The summed E-state index contributed by atoms with van der Waals surface area (Å²) in [5, 5.41) is 5.46. The quantitative estimate of drug-likeness (QED) is 0.717. The average Bonchev–Trinajstić information content (AvgIpc) is 2.65. The van der Waals surface area contributed by atoms with Crippen LogP contribution in [0.1, 0.15) is 27.4 Å². The molecule has 2 N–H and O–H groups in total. The second kappa shape index (κ2) is 9.39. The van der Waals surface area contributed by atoms with E-state index in [1.807, 2.05) is 0 Å². The van der Waals surface area contributed by atoms with E-state index in [-0.39, 0.29) is 17.3 Å². The van der Waals surface area contributed by atoms with E-state index in [2.05, 4.69) is 15.6 Å². The van der Waals surface area contributed by atoms with Crippen LogP contribution in [0.25, 0.3) is 0 Å². The number of carbonyl (C=O) groups is 2. The summed E-state index contributed by atoms with van der Waals surface area (Å²) in [6, 6.07) is 11.7. The molecule has 1 aromatic carbocycles. The van der Waals surface area contributed by atoms with Crippen LogP contribution in [0.5, 0.6) is 5.75 Å². The fourth-order valence-electron chi connectivity index (χ4n) is 2.09. The van der Waals surface area contributed by atoms with Crippen molar-refractivity contribution in [3.63, 3.8) is 0 Å². The molecule has 2 amide bonds. The monoisotopic (exact) mass is 343 g/mol. The number of carbonyl (C=O) groups excluding carboxylic acids is 2. The highest BCUT2D eigenvalue weighted by molar-refractivity contribution is 6.03. The number of nitrogens with one attached hydrogen (secondary N) is 2. The summed E-state index contributed by atoms with van der Waals surface area (Å²) in [4.78, 5) is 28.5. The Kier molecular flexibility index (Phi) is 6.91. The number of aromatic nitrogens is 1. The van der Waals surface area contributed by atoms with E-state index >= 15 is 0 Å². The van der Waals surface area contributed by atoms with Gasteiger partial charge in [0.2, 0.25) is 0 Å². The van der Waals surface area contributed by atoms with Crippen LogP contribution in [0.4, 0.5) is 5.69 Å². The number of amides is 2. The molecule has 0 unspecified atom stereocenters. The molecule has 0 spiro atoms. The number of hydrogen-bond donors (Lipinski definition) is 2. The van der Waals surface area contributed by atoms with Gasteiger partial charge in [-0.05, 0) is 30.7 Å². The third-order valence-corrected chi connectivity index (χ3v) is 3.35. The molecule has 0 fully saturated rings. The van der Waals surface area contributed by atoms with Crippen molar-refractivity contribution < 1.29 is 19.1 Å². The third-order valence-electron chi connectivity index (χ3n) is 3.35. The van der Waals surface area contributed by atoms with Crippen molar-refractivity contribution in [1.29, 1.82) is 0 Å². The maximum atomic E-state index is 12.3. The molecule has 25 heavy (non-hydrogen) atoms. The Morgan fingerprint density at radius 2 is 1.76 bits per heavy atom. The Morgan fingerprint density at radius 3 is 2.48 bits per heavy atom. The Bertz CT molecular complexity index is 734. The van der Waals surface area contributed by atoms with Crippen LogP contribution in [0.15, 0.2) is 42.5 Å². The standard InChI is InChI=1S/C18H21N3O4/c1-24-11-5-10-19-17(22)15-8-4-9-16(21-15)18(23)20-13-6-3-7-14(12-13)25-2/h3-4,6-9,12H,5,10-11H2,1-2H3,(H,19,22)(H,20,23). The number of anilines is 1. The van der Waals surface area contributed by atoms with E-state index in [1.165, 1.54) is 0 Å². The molecule has 0 atom stereocenters. The minimum absolute atomic E-state index is 0.160. The number of hydrogen-bond acceptors (Lipinski definition) is 5. The van der Waals surface area contributed by atoms with Crippen molar-refractivity contribution in [3.8, 4) is 5.75 Å². The summed E-state index contributed by atoms with van der Waals surface area (Å²) in [6.07, 6.45) is 0.707. The lowest BCUT2D eigenvalue weighted by Crippen LogP contribution is -2.27. The van der Waals surface area contributed by atoms with Gasteiger partial charge in [-0.1, -0.05) is 12.1 Å². The molecule has 0 aliphatic rings. The van der Waals surface area contributed by atoms with Crippen molar-refractivity contribution >= 4 is 17.5 Å². The molecule has 1 aromatic heterocycles. The van der Waals surface area contributed by atoms with E-state index < -0.39 is 5.91 Å². The van der Waals surface area contributed by atoms with Gasteiger partial charge >= 0.3 is 0 Å². The SMILES string of the molecule is COCCCNC(=O)c1cccc(C(=O)Nc2cccc(OC)c2)n1. The molecular formula is C18H21N3O4. The van der Waals surface area contributed by atoms with E-state index in [0.717, 1.165) is 0 Å². The van der Waals surface area contributed by atoms with Gasteiger partial charge in [-0.3, -0.25) is 9.59 Å². The molecule has 0 radical (unpaired) electrons. The van der Waals surface area contributed by atoms with Crippen LogP contribution >= 0.6 is 0 Å². The Hall–Kier alpha value is -2.93. The second-order valence-corrected chi connectivity index (χ2v) is 5.20. The first-order chi connectivity index (χ1) is 12.1. The van der Waals surface area contributed by atoms with Crippen molar-refractivity contribution in [2.24, 2.45) is 0 Å². The summed E-state index contributed by atoms with van der Waals surface area (Å²) in [5.41, 5.74) is 0.934. The van der Waals surface area contributed by atoms with Crippen LogP contribution in [0, 0.1) is 0 Å². The molecule has 7 nitrogen and oxygen atoms in total. The highest BCUT2D eigenvalue weighted by atomic mass is 16.5. The first kappa shape index (κ1) is 18.4. The number of rotatable bonds is 8. The van der Waals surface area contributed by atoms with Gasteiger partial charge in [0.15, 0.2) is 0 Å². The Labute approximate surface area is 146 Å². The van der Waals surface area contributed by atoms with Gasteiger partial charge in [-0.15, -0.1) is 0 Å². The van der Waals surface area contributed by atoms with Gasteiger partial charge in [-0.25, -0.2) is 4.98 Å². The predicted octanol–water partition coefficient (Wildman–Crippen LogP) is 2.11. The fourth-order valence-corrected chi connectivity index (χ4v) is 2.09. The topological polar surface area (TPSA) is 89.5 Å². The summed E-state index contributed by atoms with van der Waals surface area (Å²) in [6.45, 7) is 1.05. The number of benzene rings is 1. The average molecular weight is 343 g/mol. The zero-order valence-corrected chi connectivity index (χ0v) is 14.2. The zero-order valence-electron chi connectivity index (χ0n) is 14.2. The summed E-state index contributed by atoms with van der Waals surface area (Å²) >= 11 is 0. The maximum absolute atomic E-state index is 12.3. The molecule has 0 bridgehead atoms. The number of pyridine rings is 1. The van der Waals surface area contributed by atoms with Gasteiger partial charge in [-0.2, -0.15) is 0 Å². The van der Waals surface area contributed by atoms with E-state index in [0.29, 0.717) is 31.0 Å². The van der Waals surface area contributed by atoms with Crippen molar-refractivity contribution in [2.75, 3.05) is 32.7 Å². The first-order valence-electron chi connectivity index (χ1n) is 7.83. The van der Waals surface area contributed by atoms with Gasteiger partial charge in [0.25, 0.3) is 11.8 Å². The van der Waals surface area contributed by atoms with Crippen LogP contribution < -0.4 is 15.4 Å². The van der Waals surface area contributed by atoms with Gasteiger partial charge in [0.05, 0.1) is 7.11 Å². The maximum Gasteiger partial charge on any atom is 0.274 e. The smallest absolute Gasteiger partial charge is 0.274 e. The van der Waals surface area contributed by atoms with E-state index in [4.69, 9.17) is 9.47 Å². The highest BCUT2D eigenvalue weighted by Crippen LogP contribution is 2.17. The van der Waals surface area contributed by atoms with Crippen molar-refractivity contribution in [1.82, 2.24) is 10.3 Å². The van der Waals surface area contributed by atoms with Crippen molar-refractivity contribution in [3.05, 3.63) is 53.9 Å². The van der Waals surface area contributed by atoms with Gasteiger partial charge < -0.3 is 20.1 Å². The number of methoxy groups -OCH3 is 2. The number of ether oxygens (including phenoxy) is 2. The molecular weight excluding hydrogens is 322 g/mol. The summed E-state index contributed by atoms with van der Waals surface area (Å²) in [5.74, 6) is -0.0932. The normalized spacial score (nSPS) is 10.2. The largest absolute Gasteiger partial charge is 0.497 e. The number of nitrogens with zero attached hydrogens (tertiary/aromatic N) is 1.